The van der Waals surface area contributed by atoms with Crippen molar-refractivity contribution < 1.29 is 23.8 Å². The maximum Gasteiger partial charge on any atom is 0.325 e. The lowest BCUT2D eigenvalue weighted by Gasteiger charge is -2.22. The highest BCUT2D eigenvalue weighted by Crippen LogP contribution is 2.29. The Balaban J connectivity index is 2.03. The van der Waals surface area contributed by atoms with Crippen LogP contribution in [0.15, 0.2) is 29.3 Å². The van der Waals surface area contributed by atoms with Crippen LogP contribution in [0.4, 0.5) is 0 Å². The Bertz CT molecular complexity index is 1180. The molecule has 3 aromatic rings. The summed E-state index contributed by atoms with van der Waals surface area (Å²) in [5, 5.41) is 0.402. The minimum Gasteiger partial charge on any atom is -0.497 e. The summed E-state index contributed by atoms with van der Waals surface area (Å²) in [6.07, 6.45) is 1.42. The lowest BCUT2D eigenvalue weighted by atomic mass is 10.1. The Morgan fingerprint density at radius 3 is 2.35 bits per heavy atom. The second-order valence-electron chi connectivity index (χ2n) is 6.86. The van der Waals surface area contributed by atoms with E-state index in [9.17, 15) is 14.4 Å². The summed E-state index contributed by atoms with van der Waals surface area (Å²) in [7, 11) is 5.93. The Morgan fingerprint density at radius 2 is 1.77 bits per heavy atom. The standard InChI is InChI=1S/C21H23N3O6S/c1-12-17-19(22-11-23(2)20(17)26)31-18(12)21(27)24(10-16(25)30-5)9-13-6-14(28-3)8-15(7-13)29-4/h6-8,11H,9-10H2,1-5H3. The lowest BCUT2D eigenvalue weighted by Crippen LogP contribution is -2.35. The molecule has 0 saturated heterocycles. The SMILES string of the molecule is COC(=O)CN(Cc1cc(OC)cc(OC)c1)C(=O)c1sc2ncn(C)c(=O)c2c1C. The van der Waals surface area contributed by atoms with E-state index in [0.717, 1.165) is 11.3 Å². The van der Waals surface area contributed by atoms with Gasteiger partial charge in [0, 0.05) is 19.7 Å². The van der Waals surface area contributed by atoms with Crippen LogP contribution in [0.2, 0.25) is 0 Å². The average Bonchev–Trinajstić information content (AvgIpc) is 3.11. The van der Waals surface area contributed by atoms with Gasteiger partial charge in [-0.1, -0.05) is 0 Å². The number of esters is 1. The summed E-state index contributed by atoms with van der Waals surface area (Å²) in [5.41, 5.74) is 1.02. The molecule has 2 heterocycles. The van der Waals surface area contributed by atoms with Crippen LogP contribution < -0.4 is 15.0 Å². The maximum absolute atomic E-state index is 13.4. The van der Waals surface area contributed by atoms with Crippen LogP contribution in [0.3, 0.4) is 0 Å². The van der Waals surface area contributed by atoms with Crippen LogP contribution in [0.1, 0.15) is 20.8 Å². The van der Waals surface area contributed by atoms with Crippen molar-refractivity contribution in [3.8, 4) is 11.5 Å². The van der Waals surface area contributed by atoms with Gasteiger partial charge in [0.05, 0.1) is 37.9 Å². The van der Waals surface area contributed by atoms with Gasteiger partial charge < -0.3 is 23.7 Å². The van der Waals surface area contributed by atoms with Crippen LogP contribution in [-0.4, -0.2) is 54.2 Å². The van der Waals surface area contributed by atoms with Crippen molar-refractivity contribution in [1.29, 1.82) is 0 Å². The first kappa shape index (κ1) is 22.3. The van der Waals surface area contributed by atoms with E-state index in [1.165, 1.54) is 37.1 Å². The second-order valence-corrected chi connectivity index (χ2v) is 7.85. The number of rotatable bonds is 7. The van der Waals surface area contributed by atoms with E-state index >= 15 is 0 Å². The first-order valence-corrected chi connectivity index (χ1v) is 10.1. The van der Waals surface area contributed by atoms with Gasteiger partial charge in [0.2, 0.25) is 0 Å². The number of aromatic nitrogens is 2. The van der Waals surface area contributed by atoms with Crippen molar-refractivity contribution in [1.82, 2.24) is 14.5 Å². The summed E-state index contributed by atoms with van der Waals surface area (Å²) in [5.74, 6) is 0.168. The number of nitrogens with zero attached hydrogens (tertiary/aromatic N) is 3. The molecule has 31 heavy (non-hydrogen) atoms. The molecule has 164 valence electrons. The number of benzene rings is 1. The Kier molecular flexibility index (Phi) is 6.59. The molecule has 0 spiro atoms. The molecule has 0 radical (unpaired) electrons. The van der Waals surface area contributed by atoms with Gasteiger partial charge >= 0.3 is 5.97 Å². The lowest BCUT2D eigenvalue weighted by molar-refractivity contribution is -0.141. The third-order valence-electron chi connectivity index (χ3n) is 4.82. The van der Waals surface area contributed by atoms with Gasteiger partial charge in [0.15, 0.2) is 0 Å². The molecule has 0 aliphatic rings. The number of methoxy groups -OCH3 is 3. The zero-order valence-corrected chi connectivity index (χ0v) is 18.7. The van der Waals surface area contributed by atoms with Gasteiger partial charge in [0.25, 0.3) is 11.5 Å². The molecule has 10 heteroatoms. The molecular weight excluding hydrogens is 422 g/mol. The molecular formula is C21H23N3O6S. The molecule has 0 bridgehead atoms. The molecule has 0 N–H and O–H groups in total. The Hall–Kier alpha value is -3.40. The van der Waals surface area contributed by atoms with Crippen molar-refractivity contribution in [2.45, 2.75) is 13.5 Å². The largest absolute Gasteiger partial charge is 0.497 e. The van der Waals surface area contributed by atoms with Crippen LogP contribution in [0, 0.1) is 6.92 Å². The van der Waals surface area contributed by atoms with Crippen molar-refractivity contribution >= 4 is 33.4 Å². The topological polar surface area (TPSA) is 100.0 Å². The number of hydrogen-bond donors (Lipinski definition) is 0. The minimum absolute atomic E-state index is 0.112. The summed E-state index contributed by atoms with van der Waals surface area (Å²) in [6.45, 7) is 1.56. The van der Waals surface area contributed by atoms with Crippen molar-refractivity contribution in [2.75, 3.05) is 27.9 Å². The third kappa shape index (κ3) is 4.53. The number of aryl methyl sites for hydroxylation is 2. The highest BCUT2D eigenvalue weighted by atomic mass is 32.1. The fourth-order valence-corrected chi connectivity index (χ4v) is 4.26. The number of hydrogen-bond acceptors (Lipinski definition) is 8. The first-order valence-electron chi connectivity index (χ1n) is 9.31. The van der Waals surface area contributed by atoms with Crippen LogP contribution in [0.5, 0.6) is 11.5 Å². The molecule has 0 aliphatic heterocycles. The van der Waals surface area contributed by atoms with Crippen molar-refractivity contribution in [3.63, 3.8) is 0 Å². The molecule has 3 rings (SSSR count). The quantitative estimate of drug-likeness (QED) is 0.514. The van der Waals surface area contributed by atoms with E-state index in [4.69, 9.17) is 14.2 Å². The van der Waals surface area contributed by atoms with E-state index in [0.29, 0.717) is 37.7 Å². The Labute approximate surface area is 182 Å². The number of thiophene rings is 1. The predicted molar refractivity (Wildman–Crippen MR) is 116 cm³/mol. The van der Waals surface area contributed by atoms with Gasteiger partial charge in [0.1, 0.15) is 22.9 Å². The zero-order chi connectivity index (χ0) is 22.7. The van der Waals surface area contributed by atoms with Gasteiger partial charge in [-0.2, -0.15) is 0 Å². The summed E-state index contributed by atoms with van der Waals surface area (Å²) >= 11 is 1.13. The number of ether oxygens (including phenoxy) is 3. The summed E-state index contributed by atoms with van der Waals surface area (Å²) in [6, 6.07) is 5.23. The molecule has 2 aromatic heterocycles. The highest BCUT2D eigenvalue weighted by molar-refractivity contribution is 7.20. The normalized spacial score (nSPS) is 10.7. The fraction of sp³-hybridized carbons (Fsp3) is 0.333. The molecule has 0 aliphatic carbocycles. The minimum atomic E-state index is -0.559. The predicted octanol–water partition coefficient (Wildman–Crippen LogP) is 2.14. The van der Waals surface area contributed by atoms with Crippen LogP contribution in [-0.2, 0) is 23.1 Å². The van der Waals surface area contributed by atoms with E-state index in [2.05, 4.69) is 4.98 Å². The monoisotopic (exact) mass is 445 g/mol. The van der Waals surface area contributed by atoms with E-state index in [1.807, 2.05) is 0 Å². The van der Waals surface area contributed by atoms with Gasteiger partial charge in [-0.25, -0.2) is 4.98 Å². The number of fused-ring (bicyclic) bond motifs is 1. The van der Waals surface area contributed by atoms with E-state index in [-0.39, 0.29) is 18.6 Å². The Morgan fingerprint density at radius 1 is 1.13 bits per heavy atom. The smallest absolute Gasteiger partial charge is 0.325 e. The molecule has 1 amide bonds. The van der Waals surface area contributed by atoms with Crippen LogP contribution >= 0.6 is 11.3 Å². The molecule has 0 unspecified atom stereocenters. The fourth-order valence-electron chi connectivity index (χ4n) is 3.15. The number of carbonyl (C=O) groups is 2. The molecule has 0 fully saturated rings. The molecule has 0 saturated carbocycles. The van der Waals surface area contributed by atoms with Crippen LogP contribution in [0.25, 0.3) is 10.2 Å². The van der Waals surface area contributed by atoms with E-state index in [1.54, 1.807) is 32.2 Å². The molecule has 1 aromatic carbocycles. The zero-order valence-electron chi connectivity index (χ0n) is 17.9. The summed E-state index contributed by atoms with van der Waals surface area (Å²) < 4.78 is 16.7. The summed E-state index contributed by atoms with van der Waals surface area (Å²) in [4.78, 5) is 44.4. The van der Waals surface area contributed by atoms with Gasteiger partial charge in [-0.15, -0.1) is 11.3 Å². The average molecular weight is 445 g/mol. The number of carbonyl (C=O) groups excluding carboxylic acids is 2. The maximum atomic E-state index is 13.4. The first-order chi connectivity index (χ1) is 14.8. The van der Waals surface area contributed by atoms with E-state index < -0.39 is 11.9 Å². The molecule has 9 nitrogen and oxygen atoms in total. The second kappa shape index (κ2) is 9.17. The van der Waals surface area contributed by atoms with Gasteiger partial charge in [-0.05, 0) is 30.2 Å². The van der Waals surface area contributed by atoms with Gasteiger partial charge in [-0.3, -0.25) is 14.4 Å². The third-order valence-corrected chi connectivity index (χ3v) is 6.01. The highest BCUT2D eigenvalue weighted by Gasteiger charge is 2.26. The number of amides is 1. The van der Waals surface area contributed by atoms with Crippen molar-refractivity contribution in [3.05, 3.63) is 50.9 Å². The molecule has 0 atom stereocenters. The van der Waals surface area contributed by atoms with Crippen molar-refractivity contribution in [2.24, 2.45) is 7.05 Å².